The van der Waals surface area contributed by atoms with E-state index in [-0.39, 0.29) is 18.0 Å². The van der Waals surface area contributed by atoms with Crippen LogP contribution in [0, 0.1) is 0 Å². The summed E-state index contributed by atoms with van der Waals surface area (Å²) in [4.78, 5) is 15.3. The van der Waals surface area contributed by atoms with Crippen molar-refractivity contribution in [2.75, 3.05) is 0 Å². The molecule has 29 heavy (non-hydrogen) atoms. The molecule has 2 unspecified atom stereocenters. The monoisotopic (exact) mass is 405 g/mol. The summed E-state index contributed by atoms with van der Waals surface area (Å²) in [5.41, 5.74) is 9.67. The fraction of sp³-hybridized carbons (Fsp3) is 0.208. The summed E-state index contributed by atoms with van der Waals surface area (Å²) in [6, 6.07) is 27.7. The van der Waals surface area contributed by atoms with Crippen LogP contribution in [0.25, 0.3) is 0 Å². The van der Waals surface area contributed by atoms with Crippen molar-refractivity contribution in [3.63, 3.8) is 0 Å². The molecule has 0 aliphatic carbocycles. The molecule has 1 aliphatic rings. The molecule has 1 aliphatic heterocycles. The van der Waals surface area contributed by atoms with E-state index in [1.165, 1.54) is 0 Å². The quantitative estimate of drug-likeness (QED) is 0.635. The standard InChI is InChI=1S/C24H24ClN3O/c25-21-14-8-7-13-20(21)22-15-23(27-26-22)24(29)28(16-18-9-3-1-4-10-18)17-19-11-5-2-6-12-19/h1-14,22-23,26-27H,15-17H2. The molecule has 148 valence electrons. The largest absolute Gasteiger partial charge is 0.333 e. The summed E-state index contributed by atoms with van der Waals surface area (Å²) in [6.45, 7) is 1.15. The Morgan fingerprint density at radius 1 is 0.828 bits per heavy atom. The highest BCUT2D eigenvalue weighted by Crippen LogP contribution is 2.29. The van der Waals surface area contributed by atoms with Crippen LogP contribution in [-0.2, 0) is 17.9 Å². The minimum atomic E-state index is -0.302. The van der Waals surface area contributed by atoms with Gasteiger partial charge in [0.15, 0.2) is 0 Å². The van der Waals surface area contributed by atoms with Crippen LogP contribution in [0.15, 0.2) is 84.9 Å². The first kappa shape index (κ1) is 19.6. The van der Waals surface area contributed by atoms with Gasteiger partial charge in [-0.2, -0.15) is 0 Å². The predicted molar refractivity (Wildman–Crippen MR) is 116 cm³/mol. The maximum atomic E-state index is 13.4. The first-order valence-electron chi connectivity index (χ1n) is 9.83. The van der Waals surface area contributed by atoms with E-state index in [9.17, 15) is 4.79 Å². The first-order chi connectivity index (χ1) is 14.2. The molecule has 3 aromatic rings. The average molecular weight is 406 g/mol. The highest BCUT2D eigenvalue weighted by Gasteiger charge is 2.33. The number of carbonyl (C=O) groups excluding carboxylic acids is 1. The lowest BCUT2D eigenvalue weighted by molar-refractivity contribution is -0.134. The molecule has 0 radical (unpaired) electrons. The maximum Gasteiger partial charge on any atom is 0.241 e. The third-order valence-electron chi connectivity index (χ3n) is 5.23. The molecular formula is C24H24ClN3O. The van der Waals surface area contributed by atoms with E-state index < -0.39 is 0 Å². The van der Waals surface area contributed by atoms with Gasteiger partial charge in [-0.1, -0.05) is 90.5 Å². The Bertz CT molecular complexity index is 907. The van der Waals surface area contributed by atoms with Gasteiger partial charge in [-0.15, -0.1) is 0 Å². The smallest absolute Gasteiger partial charge is 0.241 e. The predicted octanol–water partition coefficient (Wildman–Crippen LogP) is 4.48. The number of hydrogen-bond donors (Lipinski definition) is 2. The number of nitrogens with zero attached hydrogens (tertiary/aromatic N) is 1. The molecule has 0 spiro atoms. The summed E-state index contributed by atoms with van der Waals surface area (Å²) >= 11 is 6.35. The fourth-order valence-electron chi connectivity index (χ4n) is 3.72. The van der Waals surface area contributed by atoms with Crippen molar-refractivity contribution in [1.29, 1.82) is 0 Å². The SMILES string of the molecule is O=C(C1CC(c2ccccc2Cl)NN1)N(Cc1ccccc1)Cc1ccccc1. The molecule has 2 atom stereocenters. The van der Waals surface area contributed by atoms with E-state index in [4.69, 9.17) is 11.6 Å². The second-order valence-electron chi connectivity index (χ2n) is 7.32. The van der Waals surface area contributed by atoms with Crippen LogP contribution in [0.3, 0.4) is 0 Å². The van der Waals surface area contributed by atoms with Crippen LogP contribution in [-0.4, -0.2) is 16.8 Å². The van der Waals surface area contributed by atoms with Gasteiger partial charge in [0.2, 0.25) is 5.91 Å². The molecule has 0 saturated carbocycles. The number of rotatable bonds is 6. The van der Waals surface area contributed by atoms with Crippen LogP contribution in [0.5, 0.6) is 0 Å². The van der Waals surface area contributed by atoms with E-state index in [1.54, 1.807) is 0 Å². The van der Waals surface area contributed by atoms with Crippen molar-refractivity contribution in [2.24, 2.45) is 0 Å². The molecule has 2 N–H and O–H groups in total. The van der Waals surface area contributed by atoms with Crippen molar-refractivity contribution in [3.8, 4) is 0 Å². The van der Waals surface area contributed by atoms with Crippen molar-refractivity contribution < 1.29 is 4.79 Å². The van der Waals surface area contributed by atoms with Gasteiger partial charge in [0.05, 0.1) is 0 Å². The lowest BCUT2D eigenvalue weighted by Gasteiger charge is -2.26. The van der Waals surface area contributed by atoms with Crippen molar-refractivity contribution in [1.82, 2.24) is 15.8 Å². The molecule has 4 nitrogen and oxygen atoms in total. The maximum absolute atomic E-state index is 13.4. The summed E-state index contributed by atoms with van der Waals surface area (Å²) < 4.78 is 0. The second kappa shape index (κ2) is 9.23. The Labute approximate surface area is 176 Å². The minimum Gasteiger partial charge on any atom is -0.333 e. The van der Waals surface area contributed by atoms with Gasteiger partial charge in [0, 0.05) is 24.2 Å². The van der Waals surface area contributed by atoms with Crippen LogP contribution in [0.4, 0.5) is 0 Å². The van der Waals surface area contributed by atoms with Crippen LogP contribution in [0.2, 0.25) is 5.02 Å². The van der Waals surface area contributed by atoms with E-state index in [2.05, 4.69) is 35.1 Å². The number of carbonyl (C=O) groups is 1. The van der Waals surface area contributed by atoms with Crippen molar-refractivity contribution in [3.05, 3.63) is 107 Å². The Hall–Kier alpha value is -2.66. The zero-order valence-electron chi connectivity index (χ0n) is 16.1. The zero-order valence-corrected chi connectivity index (χ0v) is 16.8. The molecule has 1 fully saturated rings. The molecule has 0 aromatic heterocycles. The summed E-state index contributed by atoms with van der Waals surface area (Å²) in [7, 11) is 0. The van der Waals surface area contributed by atoms with Gasteiger partial charge in [0.1, 0.15) is 6.04 Å². The zero-order chi connectivity index (χ0) is 20.1. The van der Waals surface area contributed by atoms with Crippen molar-refractivity contribution in [2.45, 2.75) is 31.6 Å². The molecule has 1 saturated heterocycles. The Morgan fingerprint density at radius 3 is 1.97 bits per heavy atom. The normalized spacial score (nSPS) is 18.5. The second-order valence-corrected chi connectivity index (χ2v) is 7.72. The van der Waals surface area contributed by atoms with E-state index in [1.807, 2.05) is 65.6 Å². The number of benzene rings is 3. The topological polar surface area (TPSA) is 44.4 Å². The van der Waals surface area contributed by atoms with Gasteiger partial charge in [0.25, 0.3) is 0 Å². The molecule has 0 bridgehead atoms. The molecular weight excluding hydrogens is 382 g/mol. The molecule has 3 aromatic carbocycles. The van der Waals surface area contributed by atoms with Gasteiger partial charge < -0.3 is 4.90 Å². The number of nitrogens with one attached hydrogen (secondary N) is 2. The molecule has 4 rings (SSSR count). The molecule has 1 heterocycles. The van der Waals surface area contributed by atoms with Crippen LogP contribution < -0.4 is 10.9 Å². The minimum absolute atomic E-state index is 0.00736. The number of halogens is 1. The summed E-state index contributed by atoms with van der Waals surface area (Å²) in [5, 5.41) is 0.713. The summed E-state index contributed by atoms with van der Waals surface area (Å²) in [6.07, 6.45) is 0.655. The molecule has 1 amide bonds. The molecule has 5 heteroatoms. The van der Waals surface area contributed by atoms with Gasteiger partial charge in [-0.3, -0.25) is 4.79 Å². The van der Waals surface area contributed by atoms with Crippen LogP contribution in [0.1, 0.15) is 29.2 Å². The van der Waals surface area contributed by atoms with Crippen molar-refractivity contribution >= 4 is 17.5 Å². The lowest BCUT2D eigenvalue weighted by atomic mass is 10.0. The third kappa shape index (κ3) is 4.85. The number of hydrazine groups is 1. The Kier molecular flexibility index (Phi) is 6.25. The average Bonchev–Trinajstić information content (AvgIpc) is 3.24. The van der Waals surface area contributed by atoms with Gasteiger partial charge in [-0.05, 0) is 29.2 Å². The fourth-order valence-corrected chi connectivity index (χ4v) is 3.99. The van der Waals surface area contributed by atoms with E-state index in [0.29, 0.717) is 24.5 Å². The summed E-state index contributed by atoms with van der Waals surface area (Å²) in [5.74, 6) is 0.0831. The van der Waals surface area contributed by atoms with Crippen LogP contribution >= 0.6 is 11.6 Å². The van der Waals surface area contributed by atoms with E-state index in [0.717, 1.165) is 16.7 Å². The van der Waals surface area contributed by atoms with Gasteiger partial charge >= 0.3 is 0 Å². The highest BCUT2D eigenvalue weighted by atomic mass is 35.5. The lowest BCUT2D eigenvalue weighted by Crippen LogP contribution is -2.45. The Balaban J connectivity index is 1.51. The third-order valence-corrected chi connectivity index (χ3v) is 5.57. The Morgan fingerprint density at radius 2 is 1.38 bits per heavy atom. The first-order valence-corrected chi connectivity index (χ1v) is 10.2. The van der Waals surface area contributed by atoms with E-state index >= 15 is 0 Å². The number of amides is 1. The highest BCUT2D eigenvalue weighted by molar-refractivity contribution is 6.31. The number of hydrogen-bond acceptors (Lipinski definition) is 3. The van der Waals surface area contributed by atoms with Gasteiger partial charge in [-0.25, -0.2) is 10.9 Å².